The van der Waals surface area contributed by atoms with Crippen molar-refractivity contribution < 1.29 is 4.42 Å². The standard InChI is InChI=1S/C24H17NO/c25-22-13-3-1-9-18(22)16-7-5-8-17(15-16)19-11-6-12-21-20-10-2-4-14-23(20)26-24(19)21/h1-15H,25H2. The van der Waals surface area contributed by atoms with E-state index in [1.165, 1.54) is 0 Å². The van der Waals surface area contributed by atoms with Crippen molar-refractivity contribution in [1.29, 1.82) is 0 Å². The van der Waals surface area contributed by atoms with E-state index in [-0.39, 0.29) is 0 Å². The molecule has 0 radical (unpaired) electrons. The van der Waals surface area contributed by atoms with Crippen LogP contribution in [0.25, 0.3) is 44.2 Å². The van der Waals surface area contributed by atoms with Crippen LogP contribution >= 0.6 is 0 Å². The highest BCUT2D eigenvalue weighted by Gasteiger charge is 2.12. The summed E-state index contributed by atoms with van der Waals surface area (Å²) in [4.78, 5) is 0. The Morgan fingerprint density at radius 3 is 2.12 bits per heavy atom. The number of rotatable bonds is 2. The normalized spacial score (nSPS) is 11.2. The average molecular weight is 335 g/mol. The average Bonchev–Trinajstić information content (AvgIpc) is 3.07. The fourth-order valence-corrected chi connectivity index (χ4v) is 3.59. The maximum atomic E-state index is 6.18. The summed E-state index contributed by atoms with van der Waals surface area (Å²) in [7, 11) is 0. The Labute approximate surface area is 151 Å². The Hall–Kier alpha value is -3.52. The minimum absolute atomic E-state index is 0.784. The van der Waals surface area contributed by atoms with Gasteiger partial charge in [-0.1, -0.05) is 72.8 Å². The molecule has 1 heterocycles. The van der Waals surface area contributed by atoms with Gasteiger partial charge in [-0.15, -0.1) is 0 Å². The van der Waals surface area contributed by atoms with Gasteiger partial charge < -0.3 is 10.2 Å². The third kappa shape index (κ3) is 2.27. The summed E-state index contributed by atoms with van der Waals surface area (Å²) in [5.41, 5.74) is 13.2. The minimum atomic E-state index is 0.784. The maximum Gasteiger partial charge on any atom is 0.143 e. The third-order valence-electron chi connectivity index (χ3n) is 4.85. The van der Waals surface area contributed by atoms with Crippen molar-refractivity contribution in [2.75, 3.05) is 5.73 Å². The number of anilines is 1. The Morgan fingerprint density at radius 2 is 1.23 bits per heavy atom. The Bertz CT molecular complexity index is 1250. The number of furan rings is 1. The van der Waals surface area contributed by atoms with Gasteiger partial charge in [0, 0.05) is 27.6 Å². The predicted molar refractivity (Wildman–Crippen MR) is 109 cm³/mol. The number of hydrogen-bond donors (Lipinski definition) is 1. The number of para-hydroxylation sites is 3. The molecule has 2 nitrogen and oxygen atoms in total. The Balaban J connectivity index is 1.74. The quantitative estimate of drug-likeness (QED) is 0.374. The summed E-state index contributed by atoms with van der Waals surface area (Å²) < 4.78 is 6.18. The van der Waals surface area contributed by atoms with Gasteiger partial charge in [0.25, 0.3) is 0 Å². The number of nitrogens with two attached hydrogens (primary N) is 1. The van der Waals surface area contributed by atoms with Crippen LogP contribution < -0.4 is 5.73 Å². The van der Waals surface area contributed by atoms with Gasteiger partial charge in [-0.25, -0.2) is 0 Å². The first-order valence-corrected chi connectivity index (χ1v) is 8.67. The fraction of sp³-hybridized carbons (Fsp3) is 0. The predicted octanol–water partition coefficient (Wildman–Crippen LogP) is 6.50. The molecule has 4 aromatic carbocycles. The highest BCUT2D eigenvalue weighted by Crippen LogP contribution is 2.37. The van der Waals surface area contributed by atoms with Crippen molar-refractivity contribution in [3.63, 3.8) is 0 Å². The van der Waals surface area contributed by atoms with Gasteiger partial charge in [0.1, 0.15) is 11.2 Å². The second-order valence-electron chi connectivity index (χ2n) is 6.45. The van der Waals surface area contributed by atoms with Crippen molar-refractivity contribution in [3.8, 4) is 22.3 Å². The van der Waals surface area contributed by atoms with E-state index in [1.807, 2.05) is 36.4 Å². The topological polar surface area (TPSA) is 39.2 Å². The van der Waals surface area contributed by atoms with Crippen LogP contribution in [-0.2, 0) is 0 Å². The Kier molecular flexibility index (Phi) is 3.29. The van der Waals surface area contributed by atoms with Crippen LogP contribution in [-0.4, -0.2) is 0 Å². The molecular weight excluding hydrogens is 318 g/mol. The SMILES string of the molecule is Nc1ccccc1-c1cccc(-c2cccc3c2oc2ccccc23)c1. The number of benzene rings is 4. The van der Waals surface area contributed by atoms with Crippen molar-refractivity contribution in [2.45, 2.75) is 0 Å². The molecule has 0 aliphatic carbocycles. The summed E-state index contributed by atoms with van der Waals surface area (Å²) in [6.07, 6.45) is 0. The highest BCUT2D eigenvalue weighted by molar-refractivity contribution is 6.09. The second kappa shape index (κ2) is 5.78. The molecule has 0 saturated heterocycles. The van der Waals surface area contributed by atoms with Crippen LogP contribution in [0.5, 0.6) is 0 Å². The summed E-state index contributed by atoms with van der Waals surface area (Å²) in [5.74, 6) is 0. The van der Waals surface area contributed by atoms with Crippen molar-refractivity contribution in [2.24, 2.45) is 0 Å². The van der Waals surface area contributed by atoms with Gasteiger partial charge in [-0.3, -0.25) is 0 Å². The van der Waals surface area contributed by atoms with Gasteiger partial charge in [0.2, 0.25) is 0 Å². The van der Waals surface area contributed by atoms with Gasteiger partial charge >= 0.3 is 0 Å². The zero-order valence-electron chi connectivity index (χ0n) is 14.1. The lowest BCUT2D eigenvalue weighted by Gasteiger charge is -2.08. The molecular formula is C24H17NO. The third-order valence-corrected chi connectivity index (χ3v) is 4.85. The molecule has 124 valence electrons. The molecule has 1 aromatic heterocycles. The minimum Gasteiger partial charge on any atom is -0.455 e. The van der Waals surface area contributed by atoms with Crippen molar-refractivity contribution >= 4 is 27.6 Å². The van der Waals surface area contributed by atoms with E-state index in [2.05, 4.69) is 54.6 Å². The van der Waals surface area contributed by atoms with Gasteiger partial charge in [-0.2, -0.15) is 0 Å². The Morgan fingerprint density at radius 1 is 0.577 bits per heavy atom. The summed E-state index contributed by atoms with van der Waals surface area (Å²) in [6.45, 7) is 0. The van der Waals surface area contributed by atoms with Gasteiger partial charge in [0.15, 0.2) is 0 Å². The van der Waals surface area contributed by atoms with Gasteiger partial charge in [0.05, 0.1) is 0 Å². The van der Waals surface area contributed by atoms with Crippen LogP contribution in [0.2, 0.25) is 0 Å². The van der Waals surface area contributed by atoms with Crippen LogP contribution in [0, 0.1) is 0 Å². The first-order chi connectivity index (χ1) is 12.8. The molecule has 5 rings (SSSR count). The zero-order chi connectivity index (χ0) is 17.5. The lowest BCUT2D eigenvalue weighted by atomic mass is 9.97. The number of hydrogen-bond acceptors (Lipinski definition) is 2. The molecule has 0 atom stereocenters. The van der Waals surface area contributed by atoms with E-state index in [9.17, 15) is 0 Å². The van der Waals surface area contributed by atoms with Crippen LogP contribution in [0.3, 0.4) is 0 Å². The fourth-order valence-electron chi connectivity index (χ4n) is 3.59. The summed E-state index contributed by atoms with van der Waals surface area (Å²) >= 11 is 0. The monoisotopic (exact) mass is 335 g/mol. The smallest absolute Gasteiger partial charge is 0.143 e. The van der Waals surface area contributed by atoms with E-state index < -0.39 is 0 Å². The highest BCUT2D eigenvalue weighted by atomic mass is 16.3. The lowest BCUT2D eigenvalue weighted by molar-refractivity contribution is 0.670. The molecule has 0 spiro atoms. The van der Waals surface area contributed by atoms with Crippen LogP contribution in [0.1, 0.15) is 0 Å². The maximum absolute atomic E-state index is 6.18. The van der Waals surface area contributed by atoms with E-state index in [4.69, 9.17) is 10.2 Å². The molecule has 0 bridgehead atoms. The van der Waals surface area contributed by atoms with Crippen LogP contribution in [0.4, 0.5) is 5.69 Å². The molecule has 0 saturated carbocycles. The molecule has 0 aliphatic heterocycles. The molecule has 0 aliphatic rings. The summed E-state index contributed by atoms with van der Waals surface area (Å²) in [5, 5.41) is 2.29. The van der Waals surface area contributed by atoms with E-state index in [1.54, 1.807) is 0 Å². The first-order valence-electron chi connectivity index (χ1n) is 8.67. The van der Waals surface area contributed by atoms with E-state index in [0.717, 1.165) is 49.9 Å². The molecule has 26 heavy (non-hydrogen) atoms. The molecule has 2 heteroatoms. The molecule has 0 fully saturated rings. The van der Waals surface area contributed by atoms with Gasteiger partial charge in [-0.05, 0) is 29.3 Å². The molecule has 0 amide bonds. The zero-order valence-corrected chi connectivity index (χ0v) is 14.1. The van der Waals surface area contributed by atoms with E-state index >= 15 is 0 Å². The number of nitrogen functional groups attached to an aromatic ring is 1. The number of fused-ring (bicyclic) bond motifs is 3. The molecule has 5 aromatic rings. The lowest BCUT2D eigenvalue weighted by Crippen LogP contribution is -1.89. The second-order valence-corrected chi connectivity index (χ2v) is 6.45. The molecule has 0 unspecified atom stereocenters. The van der Waals surface area contributed by atoms with Crippen molar-refractivity contribution in [3.05, 3.63) is 91.0 Å². The first kappa shape index (κ1) is 14.8. The van der Waals surface area contributed by atoms with Crippen LogP contribution in [0.15, 0.2) is 95.4 Å². The largest absolute Gasteiger partial charge is 0.455 e. The van der Waals surface area contributed by atoms with Crippen molar-refractivity contribution in [1.82, 2.24) is 0 Å². The molecule has 2 N–H and O–H groups in total. The van der Waals surface area contributed by atoms with E-state index in [0.29, 0.717) is 0 Å². The summed E-state index contributed by atoms with van der Waals surface area (Å²) in [6, 6.07) is 30.9.